The molecule has 0 N–H and O–H groups in total. The molecule has 0 aliphatic carbocycles. The molecule has 0 amide bonds. The van der Waals surface area contributed by atoms with E-state index in [0.29, 0.717) is 17.8 Å². The third-order valence-electron chi connectivity index (χ3n) is 5.61. The molecule has 0 aromatic carbocycles. The van der Waals surface area contributed by atoms with Gasteiger partial charge < -0.3 is 0 Å². The minimum absolute atomic E-state index is 0.633. The molecule has 5 heteroatoms. The van der Waals surface area contributed by atoms with Gasteiger partial charge in [0.05, 0.1) is 16.4 Å². The maximum atomic E-state index is 4.61. The van der Waals surface area contributed by atoms with Crippen molar-refractivity contribution < 1.29 is 0 Å². The summed E-state index contributed by atoms with van der Waals surface area (Å²) in [6, 6.07) is 0. The maximum absolute atomic E-state index is 4.61. The number of hydrogen-bond donors (Lipinski definition) is 0. The minimum atomic E-state index is 0.633. The predicted molar refractivity (Wildman–Crippen MR) is 170 cm³/mol. The van der Waals surface area contributed by atoms with E-state index in [9.17, 15) is 0 Å². The molecule has 4 nitrogen and oxygen atoms in total. The lowest BCUT2D eigenvalue weighted by molar-refractivity contribution is 0.472. The van der Waals surface area contributed by atoms with Gasteiger partial charge in [0.25, 0.3) is 0 Å². The first-order valence-electron chi connectivity index (χ1n) is 15.2. The lowest BCUT2D eigenvalue weighted by Crippen LogP contribution is -2.04. The summed E-state index contributed by atoms with van der Waals surface area (Å²) in [6.07, 6.45) is 11.6. The number of rotatable bonds is 13. The first-order chi connectivity index (χ1) is 17.7. The zero-order valence-electron chi connectivity index (χ0n) is 27.3. The standard InChI is InChI=1S/C12H24.C11H19NS.C10H19N3/c1-10(2)6-8-12(5)9-7-11(3)4;1-8(2)5-10-7-13-11(12-10)6-9(3)4;1-8(2)5-10-7-13(12-11-10)6-9(3)4/h8,10-11H,6-7,9H2,1-5H3;2*7-9H,5-6H2,1-4H3/b12-8+;;. The normalized spacial score (nSPS) is 12.0. The van der Waals surface area contributed by atoms with Crippen LogP contribution in [0.5, 0.6) is 0 Å². The Labute approximate surface area is 241 Å². The molecule has 0 fully saturated rings. The Morgan fingerprint density at radius 1 is 0.763 bits per heavy atom. The summed E-state index contributed by atoms with van der Waals surface area (Å²) in [5.74, 6) is 4.37. The Balaban J connectivity index is 0.000000541. The van der Waals surface area contributed by atoms with Crippen LogP contribution in [0.4, 0.5) is 0 Å². The van der Waals surface area contributed by atoms with E-state index < -0.39 is 0 Å². The van der Waals surface area contributed by atoms with E-state index in [4.69, 9.17) is 0 Å². The molecular weight excluding hydrogens is 484 g/mol. The second kappa shape index (κ2) is 20.4. The van der Waals surface area contributed by atoms with Gasteiger partial charge in [-0.15, -0.1) is 16.4 Å². The molecule has 0 aliphatic rings. The molecule has 38 heavy (non-hydrogen) atoms. The molecule has 0 atom stereocenters. The molecule has 0 spiro atoms. The van der Waals surface area contributed by atoms with Crippen LogP contribution < -0.4 is 0 Å². The third kappa shape index (κ3) is 21.4. The minimum Gasteiger partial charge on any atom is -0.252 e. The number of hydrogen-bond acceptors (Lipinski definition) is 4. The SMILES string of the molecule is C/C(=C\CC(C)C)CCC(C)C.CC(C)Cc1cn(CC(C)C)nn1.CC(C)Cc1csc(CC(C)C)n1. The topological polar surface area (TPSA) is 43.6 Å². The van der Waals surface area contributed by atoms with Crippen molar-refractivity contribution in [1.29, 1.82) is 0 Å². The van der Waals surface area contributed by atoms with Crippen LogP contribution in [0.3, 0.4) is 0 Å². The van der Waals surface area contributed by atoms with Crippen LogP contribution in [0.2, 0.25) is 0 Å². The van der Waals surface area contributed by atoms with Crippen molar-refractivity contribution >= 4 is 11.3 Å². The lowest BCUT2D eigenvalue weighted by Gasteiger charge is -2.05. The second-order valence-corrected chi connectivity index (χ2v) is 14.4. The Bertz CT molecular complexity index is 753. The van der Waals surface area contributed by atoms with Gasteiger partial charge in [-0.1, -0.05) is 99.9 Å². The van der Waals surface area contributed by atoms with Crippen LogP contribution in [-0.4, -0.2) is 20.0 Å². The summed E-state index contributed by atoms with van der Waals surface area (Å²) in [7, 11) is 0. The Morgan fingerprint density at radius 2 is 1.34 bits per heavy atom. The summed E-state index contributed by atoms with van der Waals surface area (Å²) >= 11 is 1.81. The van der Waals surface area contributed by atoms with Gasteiger partial charge in [0.1, 0.15) is 0 Å². The lowest BCUT2D eigenvalue weighted by atomic mass is 10.0. The van der Waals surface area contributed by atoms with Crippen molar-refractivity contribution in [2.75, 3.05) is 0 Å². The van der Waals surface area contributed by atoms with E-state index in [-0.39, 0.29) is 0 Å². The van der Waals surface area contributed by atoms with E-state index in [1.807, 2.05) is 16.0 Å². The van der Waals surface area contributed by atoms with Gasteiger partial charge >= 0.3 is 0 Å². The zero-order chi connectivity index (χ0) is 29.3. The quantitative estimate of drug-likeness (QED) is 0.235. The highest BCUT2D eigenvalue weighted by Gasteiger charge is 2.06. The Hall–Kier alpha value is -1.49. The number of aromatic nitrogens is 4. The van der Waals surface area contributed by atoms with Crippen molar-refractivity contribution in [3.05, 3.63) is 39.6 Å². The van der Waals surface area contributed by atoms with Gasteiger partial charge in [-0.25, -0.2) is 4.98 Å². The molecule has 0 saturated carbocycles. The van der Waals surface area contributed by atoms with Gasteiger partial charge in [0.15, 0.2) is 0 Å². The van der Waals surface area contributed by atoms with Gasteiger partial charge in [-0.05, 0) is 74.5 Å². The van der Waals surface area contributed by atoms with Crippen molar-refractivity contribution in [2.45, 2.75) is 135 Å². The van der Waals surface area contributed by atoms with E-state index >= 15 is 0 Å². The van der Waals surface area contributed by atoms with Gasteiger partial charge in [-0.3, -0.25) is 4.68 Å². The second-order valence-electron chi connectivity index (χ2n) is 13.5. The summed E-state index contributed by atoms with van der Waals surface area (Å²) in [6.45, 7) is 30.0. The molecule has 220 valence electrons. The van der Waals surface area contributed by atoms with Crippen LogP contribution in [0.15, 0.2) is 23.2 Å². The molecule has 0 saturated heterocycles. The van der Waals surface area contributed by atoms with E-state index in [1.165, 1.54) is 30.0 Å². The monoisotopic (exact) mass is 546 g/mol. The molecule has 2 heterocycles. The highest BCUT2D eigenvalue weighted by molar-refractivity contribution is 7.09. The maximum Gasteiger partial charge on any atom is 0.0930 e. The number of allylic oxidation sites excluding steroid dienone is 2. The van der Waals surface area contributed by atoms with Crippen LogP contribution in [0.25, 0.3) is 0 Å². The number of nitrogens with zero attached hydrogens (tertiary/aromatic N) is 4. The highest BCUT2D eigenvalue weighted by atomic mass is 32.1. The van der Waals surface area contributed by atoms with Crippen LogP contribution in [-0.2, 0) is 25.8 Å². The smallest absolute Gasteiger partial charge is 0.0930 e. The summed E-state index contributed by atoms with van der Waals surface area (Å²) in [4.78, 5) is 4.61. The van der Waals surface area contributed by atoms with Crippen molar-refractivity contribution in [3.63, 3.8) is 0 Å². The predicted octanol–water partition coefficient (Wildman–Crippen LogP) is 10.1. The molecule has 0 aliphatic heterocycles. The first-order valence-corrected chi connectivity index (χ1v) is 16.0. The molecule has 0 unspecified atom stereocenters. The average Bonchev–Trinajstić information content (AvgIpc) is 3.38. The third-order valence-corrected chi connectivity index (χ3v) is 6.53. The fourth-order valence-corrected chi connectivity index (χ4v) is 4.69. The molecule has 0 bridgehead atoms. The van der Waals surface area contributed by atoms with Crippen LogP contribution in [0, 0.1) is 35.5 Å². The van der Waals surface area contributed by atoms with Gasteiger partial charge in [0, 0.05) is 24.5 Å². The fourth-order valence-electron chi connectivity index (χ4n) is 3.67. The molecule has 2 rings (SSSR count). The zero-order valence-corrected chi connectivity index (χ0v) is 28.2. The molecule has 2 aromatic rings. The molecule has 2 aromatic heterocycles. The van der Waals surface area contributed by atoms with Gasteiger partial charge in [-0.2, -0.15) is 0 Å². The average molecular weight is 547 g/mol. The molecule has 0 radical (unpaired) electrons. The highest BCUT2D eigenvalue weighted by Crippen LogP contribution is 2.16. The van der Waals surface area contributed by atoms with Crippen LogP contribution in [0.1, 0.15) is 126 Å². The van der Waals surface area contributed by atoms with Gasteiger partial charge in [0.2, 0.25) is 0 Å². The summed E-state index contributed by atoms with van der Waals surface area (Å²) in [5, 5.41) is 11.7. The Kier molecular flexibility index (Phi) is 19.6. The summed E-state index contributed by atoms with van der Waals surface area (Å²) in [5.41, 5.74) is 3.95. The first kappa shape index (κ1) is 36.5. The number of thiazole rings is 1. The Morgan fingerprint density at radius 3 is 1.84 bits per heavy atom. The fraction of sp³-hybridized carbons (Fsp3) is 0.788. The van der Waals surface area contributed by atoms with Crippen LogP contribution >= 0.6 is 11.3 Å². The van der Waals surface area contributed by atoms with Crippen molar-refractivity contribution in [1.82, 2.24) is 20.0 Å². The van der Waals surface area contributed by atoms with E-state index in [0.717, 1.165) is 49.3 Å². The van der Waals surface area contributed by atoms with Crippen molar-refractivity contribution in [3.8, 4) is 0 Å². The van der Waals surface area contributed by atoms with E-state index in [2.05, 4.69) is 123 Å². The summed E-state index contributed by atoms with van der Waals surface area (Å²) < 4.78 is 1.93. The van der Waals surface area contributed by atoms with Crippen molar-refractivity contribution in [2.24, 2.45) is 35.5 Å². The van der Waals surface area contributed by atoms with E-state index in [1.54, 1.807) is 5.57 Å². The molecular formula is C33H62N4S. The largest absolute Gasteiger partial charge is 0.252 e.